The zero-order chi connectivity index (χ0) is 24.5. The van der Waals surface area contributed by atoms with Gasteiger partial charge in [-0.15, -0.1) is 0 Å². The normalized spacial score (nSPS) is 26.9. The van der Waals surface area contributed by atoms with E-state index >= 15 is 0 Å². The van der Waals surface area contributed by atoms with Gasteiger partial charge >= 0.3 is 0 Å². The van der Waals surface area contributed by atoms with E-state index in [-0.39, 0.29) is 24.9 Å². The number of aryl methyl sites for hydroxylation is 1. The number of rotatable bonds is 7. The fourth-order valence-corrected chi connectivity index (χ4v) is 4.93. The molecular weight excluding hydrogens is 428 g/mol. The first-order chi connectivity index (χ1) is 16.5. The minimum atomic E-state index is -0.438. The topological polar surface area (TPSA) is 68.2 Å². The van der Waals surface area contributed by atoms with E-state index in [4.69, 9.17) is 14.2 Å². The number of aliphatic hydroxyl groups excluding tert-OH is 2. The van der Waals surface area contributed by atoms with Gasteiger partial charge in [-0.25, -0.2) is 0 Å². The van der Waals surface area contributed by atoms with Crippen LogP contribution in [-0.4, -0.2) is 48.3 Å². The van der Waals surface area contributed by atoms with Crippen LogP contribution < -0.4 is 4.74 Å². The van der Waals surface area contributed by atoms with Gasteiger partial charge in [0.25, 0.3) is 0 Å². The molecule has 1 saturated heterocycles. The Balaban J connectivity index is 0.00000158. The van der Waals surface area contributed by atoms with E-state index in [1.165, 1.54) is 16.7 Å². The minimum Gasteiger partial charge on any atom is -0.490 e. The molecule has 188 valence electrons. The first-order valence-electron chi connectivity index (χ1n) is 12.9. The van der Waals surface area contributed by atoms with Crippen LogP contribution in [0.5, 0.6) is 5.75 Å². The lowest BCUT2D eigenvalue weighted by atomic mass is 9.92. The summed E-state index contributed by atoms with van der Waals surface area (Å²) < 4.78 is 17.7. The number of aliphatic hydroxyl groups is 2. The van der Waals surface area contributed by atoms with Crippen molar-refractivity contribution in [2.75, 3.05) is 13.7 Å². The summed E-state index contributed by atoms with van der Waals surface area (Å²) in [4.78, 5) is 0. The maximum atomic E-state index is 10.2. The Morgan fingerprint density at radius 3 is 2.41 bits per heavy atom. The van der Waals surface area contributed by atoms with Gasteiger partial charge in [-0.2, -0.15) is 0 Å². The molecule has 0 radical (unpaired) electrons. The molecule has 5 atom stereocenters. The Kier molecular flexibility index (Phi) is 10.4. The van der Waals surface area contributed by atoms with Crippen molar-refractivity contribution >= 4 is 0 Å². The summed E-state index contributed by atoms with van der Waals surface area (Å²) in [5.41, 5.74) is 4.77. The molecule has 5 heteroatoms. The second-order valence-corrected chi connectivity index (χ2v) is 9.33. The smallest absolute Gasteiger partial charge is 0.119 e. The van der Waals surface area contributed by atoms with Crippen molar-refractivity contribution in [3.63, 3.8) is 0 Å². The van der Waals surface area contributed by atoms with Gasteiger partial charge in [-0.05, 0) is 67.0 Å². The highest BCUT2D eigenvalue weighted by Gasteiger charge is 2.29. The zero-order valence-corrected chi connectivity index (χ0v) is 21.2. The van der Waals surface area contributed by atoms with Gasteiger partial charge in [0, 0.05) is 26.4 Å². The monoisotopic (exact) mass is 470 g/mol. The van der Waals surface area contributed by atoms with E-state index < -0.39 is 6.10 Å². The van der Waals surface area contributed by atoms with E-state index in [0.29, 0.717) is 18.9 Å². The Labute approximate surface area is 205 Å². The highest BCUT2D eigenvalue weighted by atomic mass is 16.5. The molecule has 1 heterocycles. The van der Waals surface area contributed by atoms with Gasteiger partial charge in [0.2, 0.25) is 0 Å². The average molecular weight is 471 g/mol. The van der Waals surface area contributed by atoms with Crippen molar-refractivity contribution < 1.29 is 24.4 Å². The fraction of sp³-hybridized carbons (Fsp3) is 0.586. The molecule has 34 heavy (non-hydrogen) atoms. The molecule has 2 aromatic rings. The van der Waals surface area contributed by atoms with Gasteiger partial charge in [0.15, 0.2) is 0 Å². The molecule has 1 aliphatic heterocycles. The third kappa shape index (κ3) is 7.29. The summed E-state index contributed by atoms with van der Waals surface area (Å²) in [6, 6.07) is 14.8. The van der Waals surface area contributed by atoms with Gasteiger partial charge in [-0.1, -0.05) is 44.2 Å². The molecule has 2 aliphatic rings. The molecule has 0 amide bonds. The van der Waals surface area contributed by atoms with Crippen LogP contribution in [0.15, 0.2) is 42.5 Å². The quantitative estimate of drug-likeness (QED) is 0.558. The Hall–Kier alpha value is -1.92. The number of benzene rings is 2. The van der Waals surface area contributed by atoms with E-state index in [0.717, 1.165) is 43.4 Å². The van der Waals surface area contributed by atoms with Gasteiger partial charge in [-0.3, -0.25) is 0 Å². The van der Waals surface area contributed by atoms with Crippen molar-refractivity contribution in [1.29, 1.82) is 0 Å². The second-order valence-electron chi connectivity index (χ2n) is 9.33. The van der Waals surface area contributed by atoms with Gasteiger partial charge < -0.3 is 24.4 Å². The number of hydrogen-bond acceptors (Lipinski definition) is 5. The van der Waals surface area contributed by atoms with E-state index in [1.807, 2.05) is 13.8 Å². The Morgan fingerprint density at radius 1 is 0.971 bits per heavy atom. The van der Waals surface area contributed by atoms with E-state index in [2.05, 4.69) is 49.4 Å². The highest BCUT2D eigenvalue weighted by molar-refractivity contribution is 5.38. The molecule has 4 rings (SSSR count). The lowest BCUT2D eigenvalue weighted by Crippen LogP contribution is -2.33. The number of hydrogen-bond donors (Lipinski definition) is 2. The van der Waals surface area contributed by atoms with Crippen LogP contribution in [0.3, 0.4) is 0 Å². The van der Waals surface area contributed by atoms with Gasteiger partial charge in [0.05, 0.1) is 31.0 Å². The molecule has 0 unspecified atom stereocenters. The minimum absolute atomic E-state index is 0.0618. The summed E-state index contributed by atoms with van der Waals surface area (Å²) in [6.07, 6.45) is 5.82. The number of ether oxygens (including phenoxy) is 3. The van der Waals surface area contributed by atoms with Crippen LogP contribution in [0.1, 0.15) is 80.7 Å². The maximum absolute atomic E-state index is 10.2. The highest BCUT2D eigenvalue weighted by Crippen LogP contribution is 2.33. The molecule has 2 aromatic carbocycles. The van der Waals surface area contributed by atoms with Crippen LogP contribution in [0, 0.1) is 6.92 Å². The predicted octanol–water partition coefficient (Wildman–Crippen LogP) is 5.52. The Bertz CT molecular complexity index is 865. The third-order valence-electron chi connectivity index (χ3n) is 6.86. The molecule has 2 N–H and O–H groups in total. The van der Waals surface area contributed by atoms with Crippen LogP contribution in [0.4, 0.5) is 0 Å². The molecule has 0 aromatic heterocycles. The molecule has 1 saturated carbocycles. The van der Waals surface area contributed by atoms with Crippen LogP contribution in [0.2, 0.25) is 0 Å². The maximum Gasteiger partial charge on any atom is 0.119 e. The lowest BCUT2D eigenvalue weighted by molar-refractivity contribution is -0.113. The van der Waals surface area contributed by atoms with Crippen molar-refractivity contribution in [2.24, 2.45) is 0 Å². The van der Waals surface area contributed by atoms with E-state index in [9.17, 15) is 10.2 Å². The van der Waals surface area contributed by atoms with Crippen molar-refractivity contribution in [1.82, 2.24) is 0 Å². The molecule has 0 bridgehead atoms. The Morgan fingerprint density at radius 2 is 1.71 bits per heavy atom. The predicted molar refractivity (Wildman–Crippen MR) is 135 cm³/mol. The van der Waals surface area contributed by atoms with Crippen molar-refractivity contribution in [2.45, 2.75) is 96.2 Å². The molecule has 5 nitrogen and oxygen atoms in total. The van der Waals surface area contributed by atoms with Crippen molar-refractivity contribution in [3.05, 3.63) is 64.7 Å². The summed E-state index contributed by atoms with van der Waals surface area (Å²) in [5.74, 6) is 0.917. The SMILES string of the molecule is CC.CO[C@H]1CCC[C@@H](Oc2ccc(Cc3cc([C@H]4C[C@@H](O)C[C@@H](CO)O4)ccc3C)cc2)C1. The van der Waals surface area contributed by atoms with Crippen LogP contribution in [-0.2, 0) is 15.9 Å². The standard InChI is InChI=1S/C27H36O5.C2H6/c1-18-6-9-20(27-15-22(29)14-26(17-28)32-27)13-21(18)12-19-7-10-23(11-8-19)31-25-5-3-4-24(16-25)30-2;1-2/h6-11,13,22,24-29H,3-5,12,14-17H2,1-2H3;1-2H3/t22-,24-,25+,26-,27+;/m0./s1. The summed E-state index contributed by atoms with van der Waals surface area (Å²) in [7, 11) is 1.78. The summed E-state index contributed by atoms with van der Waals surface area (Å²) in [5, 5.41) is 19.6. The largest absolute Gasteiger partial charge is 0.490 e. The fourth-order valence-electron chi connectivity index (χ4n) is 4.93. The zero-order valence-electron chi connectivity index (χ0n) is 21.2. The lowest BCUT2D eigenvalue weighted by Gasteiger charge is -2.32. The molecular formula is C29H42O5. The first-order valence-corrected chi connectivity index (χ1v) is 12.9. The third-order valence-corrected chi connectivity index (χ3v) is 6.86. The molecule has 2 fully saturated rings. The van der Waals surface area contributed by atoms with Crippen LogP contribution in [0.25, 0.3) is 0 Å². The first kappa shape index (κ1) is 26.7. The summed E-state index contributed by atoms with van der Waals surface area (Å²) >= 11 is 0. The number of methoxy groups -OCH3 is 1. The molecule has 1 aliphatic carbocycles. The van der Waals surface area contributed by atoms with Crippen molar-refractivity contribution in [3.8, 4) is 5.75 Å². The summed E-state index contributed by atoms with van der Waals surface area (Å²) in [6.45, 7) is 6.06. The van der Waals surface area contributed by atoms with Crippen LogP contribution >= 0.6 is 0 Å². The second kappa shape index (κ2) is 13.2. The average Bonchev–Trinajstić information content (AvgIpc) is 2.87. The molecule has 0 spiro atoms. The van der Waals surface area contributed by atoms with Gasteiger partial charge in [0.1, 0.15) is 11.9 Å². The van der Waals surface area contributed by atoms with E-state index in [1.54, 1.807) is 7.11 Å².